The fourth-order valence-electron chi connectivity index (χ4n) is 2.08. The minimum atomic E-state index is 0.0126. The van der Waals surface area contributed by atoms with Gasteiger partial charge in [-0.15, -0.1) is 0 Å². The Morgan fingerprint density at radius 1 is 1.39 bits per heavy atom. The Bertz CT molecular complexity index is 383. The maximum atomic E-state index is 11.8. The van der Waals surface area contributed by atoms with Crippen LogP contribution in [0, 0.1) is 5.92 Å². The van der Waals surface area contributed by atoms with E-state index in [0.29, 0.717) is 13.2 Å². The van der Waals surface area contributed by atoms with Gasteiger partial charge in [-0.05, 0) is 37.0 Å². The molecule has 1 aromatic rings. The van der Waals surface area contributed by atoms with Crippen LogP contribution in [-0.2, 0) is 16.0 Å². The van der Waals surface area contributed by atoms with Gasteiger partial charge in [0.15, 0.2) is 0 Å². The van der Waals surface area contributed by atoms with Crippen molar-refractivity contribution >= 4 is 5.91 Å². The van der Waals surface area contributed by atoms with E-state index in [1.54, 1.807) is 12.1 Å². The standard InChI is InChI=1S/C14H19NO3/c16-13-5-3-11(4-6-13)7-8-15-14(17)12-2-1-9-18-10-12/h3-6,12,16H,1-2,7-10H2,(H,15,17). The molecule has 4 heteroatoms. The van der Waals surface area contributed by atoms with Crippen molar-refractivity contribution in [2.45, 2.75) is 19.3 Å². The lowest BCUT2D eigenvalue weighted by Gasteiger charge is -2.21. The summed E-state index contributed by atoms with van der Waals surface area (Å²) in [4.78, 5) is 11.8. The molecule has 4 nitrogen and oxygen atoms in total. The van der Waals surface area contributed by atoms with Gasteiger partial charge in [-0.25, -0.2) is 0 Å². The Hall–Kier alpha value is -1.55. The minimum Gasteiger partial charge on any atom is -0.508 e. The smallest absolute Gasteiger partial charge is 0.225 e. The number of amides is 1. The fourth-order valence-corrected chi connectivity index (χ4v) is 2.08. The molecule has 0 spiro atoms. The summed E-state index contributed by atoms with van der Waals surface area (Å²) in [6.45, 7) is 1.95. The zero-order valence-corrected chi connectivity index (χ0v) is 10.4. The zero-order chi connectivity index (χ0) is 12.8. The van der Waals surface area contributed by atoms with Crippen LogP contribution >= 0.6 is 0 Å². The van der Waals surface area contributed by atoms with Gasteiger partial charge < -0.3 is 15.2 Å². The summed E-state index contributed by atoms with van der Waals surface area (Å²) in [7, 11) is 0. The molecule has 0 bridgehead atoms. The highest BCUT2D eigenvalue weighted by atomic mass is 16.5. The van der Waals surface area contributed by atoms with Crippen molar-refractivity contribution < 1.29 is 14.6 Å². The maximum absolute atomic E-state index is 11.8. The molecule has 1 unspecified atom stereocenters. The van der Waals surface area contributed by atoms with Crippen molar-refractivity contribution in [3.63, 3.8) is 0 Å². The molecule has 2 N–H and O–H groups in total. The minimum absolute atomic E-state index is 0.0126. The molecule has 1 amide bonds. The predicted molar refractivity (Wildman–Crippen MR) is 68.4 cm³/mol. The summed E-state index contributed by atoms with van der Waals surface area (Å²) in [6, 6.07) is 7.05. The Kier molecular flexibility index (Phi) is 4.59. The van der Waals surface area contributed by atoms with Gasteiger partial charge in [0.25, 0.3) is 0 Å². The summed E-state index contributed by atoms with van der Waals surface area (Å²) in [6.07, 6.45) is 2.67. The average molecular weight is 249 g/mol. The zero-order valence-electron chi connectivity index (χ0n) is 10.4. The lowest BCUT2D eigenvalue weighted by Crippen LogP contribution is -2.36. The van der Waals surface area contributed by atoms with Crippen LogP contribution in [-0.4, -0.2) is 30.8 Å². The van der Waals surface area contributed by atoms with E-state index in [1.165, 1.54) is 0 Å². The number of nitrogens with one attached hydrogen (secondary N) is 1. The van der Waals surface area contributed by atoms with Crippen LogP contribution in [0.4, 0.5) is 0 Å². The second-order valence-corrected chi connectivity index (χ2v) is 4.62. The molecule has 18 heavy (non-hydrogen) atoms. The van der Waals surface area contributed by atoms with Gasteiger partial charge in [-0.3, -0.25) is 4.79 Å². The molecular formula is C14H19NO3. The molecule has 1 fully saturated rings. The van der Waals surface area contributed by atoms with Crippen molar-refractivity contribution in [2.24, 2.45) is 5.92 Å². The van der Waals surface area contributed by atoms with E-state index in [9.17, 15) is 4.79 Å². The molecule has 0 aliphatic carbocycles. The number of hydrogen-bond donors (Lipinski definition) is 2. The quantitative estimate of drug-likeness (QED) is 0.849. The van der Waals surface area contributed by atoms with E-state index in [0.717, 1.165) is 31.4 Å². The maximum Gasteiger partial charge on any atom is 0.225 e. The molecule has 1 heterocycles. The Labute approximate surface area is 107 Å². The third-order valence-corrected chi connectivity index (χ3v) is 3.18. The second kappa shape index (κ2) is 6.40. The Morgan fingerprint density at radius 3 is 2.83 bits per heavy atom. The second-order valence-electron chi connectivity index (χ2n) is 4.62. The molecule has 1 aromatic carbocycles. The van der Waals surface area contributed by atoms with E-state index in [1.807, 2.05) is 12.1 Å². The third-order valence-electron chi connectivity index (χ3n) is 3.18. The number of ether oxygens (including phenoxy) is 1. The van der Waals surface area contributed by atoms with Crippen LogP contribution in [0.1, 0.15) is 18.4 Å². The SMILES string of the molecule is O=C(NCCc1ccc(O)cc1)C1CCCOC1. The molecule has 2 rings (SSSR count). The molecule has 0 aromatic heterocycles. The van der Waals surface area contributed by atoms with Gasteiger partial charge in [0.1, 0.15) is 5.75 Å². The van der Waals surface area contributed by atoms with Crippen LogP contribution in [0.3, 0.4) is 0 Å². The van der Waals surface area contributed by atoms with Gasteiger partial charge in [-0.2, -0.15) is 0 Å². The highest BCUT2D eigenvalue weighted by Gasteiger charge is 2.20. The number of carbonyl (C=O) groups is 1. The molecule has 0 saturated carbocycles. The number of rotatable bonds is 4. The first-order chi connectivity index (χ1) is 8.75. The number of benzene rings is 1. The van der Waals surface area contributed by atoms with Crippen LogP contribution in [0.15, 0.2) is 24.3 Å². The molecular weight excluding hydrogens is 230 g/mol. The molecule has 1 aliphatic heterocycles. The Balaban J connectivity index is 1.71. The van der Waals surface area contributed by atoms with Gasteiger partial charge >= 0.3 is 0 Å². The lowest BCUT2D eigenvalue weighted by molar-refractivity contribution is -0.128. The molecule has 98 valence electrons. The van der Waals surface area contributed by atoms with Crippen LogP contribution in [0.2, 0.25) is 0 Å². The van der Waals surface area contributed by atoms with Gasteiger partial charge in [0, 0.05) is 13.2 Å². The molecule has 1 saturated heterocycles. The van der Waals surface area contributed by atoms with Crippen molar-refractivity contribution in [3.8, 4) is 5.75 Å². The van der Waals surface area contributed by atoms with E-state index in [2.05, 4.69) is 5.32 Å². The van der Waals surface area contributed by atoms with Crippen LogP contribution in [0.25, 0.3) is 0 Å². The summed E-state index contributed by atoms with van der Waals surface area (Å²) in [5, 5.41) is 12.1. The summed E-state index contributed by atoms with van der Waals surface area (Å²) < 4.78 is 5.29. The van der Waals surface area contributed by atoms with E-state index >= 15 is 0 Å². The normalized spacial score (nSPS) is 19.4. The van der Waals surface area contributed by atoms with E-state index in [4.69, 9.17) is 9.84 Å². The first-order valence-corrected chi connectivity index (χ1v) is 6.39. The summed E-state index contributed by atoms with van der Waals surface area (Å²) in [5.41, 5.74) is 1.10. The topological polar surface area (TPSA) is 58.6 Å². The highest BCUT2D eigenvalue weighted by molar-refractivity contribution is 5.78. The number of phenolic OH excluding ortho intramolecular Hbond substituents is 1. The number of phenols is 1. The number of carbonyl (C=O) groups excluding carboxylic acids is 1. The van der Waals surface area contributed by atoms with Crippen molar-refractivity contribution in [3.05, 3.63) is 29.8 Å². The number of hydrogen-bond acceptors (Lipinski definition) is 3. The first kappa shape index (κ1) is 12.9. The predicted octanol–water partition coefficient (Wildman–Crippen LogP) is 1.48. The molecule has 0 radical (unpaired) electrons. The number of aromatic hydroxyl groups is 1. The summed E-state index contributed by atoms with van der Waals surface area (Å²) in [5.74, 6) is 0.370. The average Bonchev–Trinajstić information content (AvgIpc) is 2.42. The fraction of sp³-hybridized carbons (Fsp3) is 0.500. The summed E-state index contributed by atoms with van der Waals surface area (Å²) >= 11 is 0. The van der Waals surface area contributed by atoms with E-state index in [-0.39, 0.29) is 17.6 Å². The monoisotopic (exact) mass is 249 g/mol. The van der Waals surface area contributed by atoms with Gasteiger partial charge in [0.2, 0.25) is 5.91 Å². The highest BCUT2D eigenvalue weighted by Crippen LogP contribution is 2.13. The van der Waals surface area contributed by atoms with Crippen molar-refractivity contribution in [1.82, 2.24) is 5.32 Å². The van der Waals surface area contributed by atoms with Gasteiger partial charge in [0.05, 0.1) is 12.5 Å². The van der Waals surface area contributed by atoms with Crippen molar-refractivity contribution in [2.75, 3.05) is 19.8 Å². The molecule has 1 atom stereocenters. The van der Waals surface area contributed by atoms with Gasteiger partial charge in [-0.1, -0.05) is 12.1 Å². The first-order valence-electron chi connectivity index (χ1n) is 6.39. The molecule has 1 aliphatic rings. The Morgan fingerprint density at radius 2 is 2.17 bits per heavy atom. The largest absolute Gasteiger partial charge is 0.508 e. The van der Waals surface area contributed by atoms with Crippen LogP contribution in [0.5, 0.6) is 5.75 Å². The van der Waals surface area contributed by atoms with Crippen LogP contribution < -0.4 is 5.32 Å². The third kappa shape index (κ3) is 3.74. The lowest BCUT2D eigenvalue weighted by atomic mass is 10.0. The van der Waals surface area contributed by atoms with E-state index < -0.39 is 0 Å². The van der Waals surface area contributed by atoms with Crippen molar-refractivity contribution in [1.29, 1.82) is 0 Å².